The molecule has 3 heteroatoms. The highest BCUT2D eigenvalue weighted by Gasteiger charge is 2.27. The summed E-state index contributed by atoms with van der Waals surface area (Å²) in [5.41, 5.74) is 0.754. The first kappa shape index (κ1) is 13.6. The van der Waals surface area contributed by atoms with E-state index in [1.165, 1.54) is 18.2 Å². The topological polar surface area (TPSA) is 29.1 Å². The molecule has 2 aromatic carbocycles. The van der Waals surface area contributed by atoms with Crippen molar-refractivity contribution >= 4 is 32.6 Å². The third-order valence-corrected chi connectivity index (χ3v) is 5.02. The molecule has 20 heavy (non-hydrogen) atoms. The second kappa shape index (κ2) is 5.96. The molecule has 1 N–H and O–H groups in total. The Bertz CT molecular complexity index is 625. The van der Waals surface area contributed by atoms with Gasteiger partial charge in [-0.15, -0.1) is 0 Å². The summed E-state index contributed by atoms with van der Waals surface area (Å²) < 4.78 is 0. The first-order valence-electron chi connectivity index (χ1n) is 7.13. The maximum atomic E-state index is 12.4. The van der Waals surface area contributed by atoms with Crippen molar-refractivity contribution in [2.24, 2.45) is 5.92 Å². The Morgan fingerprint density at radius 1 is 1.15 bits per heavy atom. The average Bonchev–Trinajstić information content (AvgIpc) is 2.94. The fourth-order valence-corrected chi connectivity index (χ4v) is 3.77. The number of nitrogens with one attached hydrogen (secondary N) is 1. The zero-order valence-electron chi connectivity index (χ0n) is 11.3. The maximum absolute atomic E-state index is 12.4. The van der Waals surface area contributed by atoms with Crippen LogP contribution < -0.4 is 5.32 Å². The van der Waals surface area contributed by atoms with Crippen LogP contribution in [0.2, 0.25) is 0 Å². The van der Waals surface area contributed by atoms with Crippen LogP contribution >= 0.6 is 15.9 Å². The molecule has 1 aliphatic carbocycles. The van der Waals surface area contributed by atoms with Crippen LogP contribution in [0, 0.1) is 5.92 Å². The normalized spacial score (nSPS) is 22.1. The minimum absolute atomic E-state index is 0.0496. The molecule has 104 valence electrons. The SMILES string of the molecule is O=C(NC1CCCC1CBr)c1ccc2ccccc2c1. The second-order valence-corrected chi connectivity index (χ2v) is 6.13. The summed E-state index contributed by atoms with van der Waals surface area (Å²) in [6, 6.07) is 14.3. The fourth-order valence-electron chi connectivity index (χ4n) is 2.99. The molecule has 2 unspecified atom stereocenters. The Balaban J connectivity index is 1.78. The number of alkyl halides is 1. The average molecular weight is 332 g/mol. The van der Waals surface area contributed by atoms with E-state index in [4.69, 9.17) is 0 Å². The molecule has 1 fully saturated rings. The van der Waals surface area contributed by atoms with Crippen molar-refractivity contribution in [2.75, 3.05) is 5.33 Å². The Morgan fingerprint density at radius 2 is 1.95 bits per heavy atom. The molecular weight excluding hydrogens is 314 g/mol. The number of rotatable bonds is 3. The van der Waals surface area contributed by atoms with Gasteiger partial charge in [-0.1, -0.05) is 52.7 Å². The molecule has 0 aliphatic heterocycles. The molecule has 0 spiro atoms. The summed E-state index contributed by atoms with van der Waals surface area (Å²) >= 11 is 3.54. The summed E-state index contributed by atoms with van der Waals surface area (Å²) in [5, 5.41) is 6.44. The molecule has 1 aliphatic rings. The van der Waals surface area contributed by atoms with Crippen molar-refractivity contribution in [1.82, 2.24) is 5.32 Å². The van der Waals surface area contributed by atoms with Crippen LogP contribution in [0.3, 0.4) is 0 Å². The molecule has 1 amide bonds. The molecule has 0 bridgehead atoms. The molecule has 2 aromatic rings. The van der Waals surface area contributed by atoms with Crippen LogP contribution in [-0.4, -0.2) is 17.3 Å². The predicted octanol–water partition coefficient (Wildman–Crippen LogP) is 4.13. The van der Waals surface area contributed by atoms with Gasteiger partial charge in [0, 0.05) is 16.9 Å². The number of benzene rings is 2. The molecule has 0 saturated heterocycles. The van der Waals surface area contributed by atoms with E-state index in [-0.39, 0.29) is 5.91 Å². The van der Waals surface area contributed by atoms with E-state index in [2.05, 4.69) is 27.3 Å². The standard InChI is InChI=1S/C17H18BrNO/c18-11-15-6-3-7-16(15)19-17(20)14-9-8-12-4-1-2-5-13(12)10-14/h1-2,4-5,8-10,15-16H,3,6-7,11H2,(H,19,20). The molecule has 2 atom stereocenters. The van der Waals surface area contributed by atoms with E-state index in [1.54, 1.807) is 0 Å². The van der Waals surface area contributed by atoms with E-state index >= 15 is 0 Å². The van der Waals surface area contributed by atoms with Gasteiger partial charge in [0.05, 0.1) is 0 Å². The monoisotopic (exact) mass is 331 g/mol. The van der Waals surface area contributed by atoms with Gasteiger partial charge in [0.2, 0.25) is 0 Å². The van der Waals surface area contributed by atoms with Crippen molar-refractivity contribution in [2.45, 2.75) is 25.3 Å². The van der Waals surface area contributed by atoms with Crippen molar-refractivity contribution in [3.8, 4) is 0 Å². The highest BCUT2D eigenvalue weighted by Crippen LogP contribution is 2.27. The summed E-state index contributed by atoms with van der Waals surface area (Å²) in [6.45, 7) is 0. The first-order chi connectivity index (χ1) is 9.78. The number of halogens is 1. The molecular formula is C17H18BrNO. The van der Waals surface area contributed by atoms with Gasteiger partial charge in [-0.3, -0.25) is 4.79 Å². The van der Waals surface area contributed by atoms with Crippen LogP contribution in [0.5, 0.6) is 0 Å². The number of fused-ring (bicyclic) bond motifs is 1. The minimum Gasteiger partial charge on any atom is -0.349 e. The summed E-state index contributed by atoms with van der Waals surface area (Å²) in [4.78, 5) is 12.4. The molecule has 3 rings (SSSR count). The molecule has 0 aromatic heterocycles. The third kappa shape index (κ3) is 2.73. The Morgan fingerprint density at radius 3 is 2.75 bits per heavy atom. The van der Waals surface area contributed by atoms with Gasteiger partial charge in [0.15, 0.2) is 0 Å². The van der Waals surface area contributed by atoms with Gasteiger partial charge < -0.3 is 5.32 Å². The highest BCUT2D eigenvalue weighted by molar-refractivity contribution is 9.09. The van der Waals surface area contributed by atoms with Crippen LogP contribution in [0.1, 0.15) is 29.6 Å². The number of carbonyl (C=O) groups excluding carboxylic acids is 1. The van der Waals surface area contributed by atoms with Gasteiger partial charge in [0.1, 0.15) is 0 Å². The van der Waals surface area contributed by atoms with Gasteiger partial charge in [-0.25, -0.2) is 0 Å². The summed E-state index contributed by atoms with van der Waals surface area (Å²) in [6.07, 6.45) is 3.50. The van der Waals surface area contributed by atoms with E-state index in [0.717, 1.165) is 22.7 Å². The lowest BCUT2D eigenvalue weighted by Crippen LogP contribution is -2.37. The highest BCUT2D eigenvalue weighted by atomic mass is 79.9. The predicted molar refractivity (Wildman–Crippen MR) is 86.3 cm³/mol. The van der Waals surface area contributed by atoms with Crippen LogP contribution in [-0.2, 0) is 0 Å². The van der Waals surface area contributed by atoms with Gasteiger partial charge in [0.25, 0.3) is 5.91 Å². The number of hydrogen-bond donors (Lipinski definition) is 1. The Hall–Kier alpha value is -1.35. The number of carbonyl (C=O) groups is 1. The zero-order valence-corrected chi connectivity index (χ0v) is 12.9. The van der Waals surface area contributed by atoms with E-state index < -0.39 is 0 Å². The van der Waals surface area contributed by atoms with Gasteiger partial charge in [-0.05, 0) is 41.7 Å². The fraction of sp³-hybridized carbons (Fsp3) is 0.353. The molecule has 0 radical (unpaired) electrons. The summed E-state index contributed by atoms with van der Waals surface area (Å²) in [7, 11) is 0. The first-order valence-corrected chi connectivity index (χ1v) is 8.25. The molecule has 1 saturated carbocycles. The third-order valence-electron chi connectivity index (χ3n) is 4.19. The van der Waals surface area contributed by atoms with E-state index in [1.807, 2.05) is 36.4 Å². The second-order valence-electron chi connectivity index (χ2n) is 5.49. The molecule has 2 nitrogen and oxygen atoms in total. The number of amides is 1. The molecule has 0 heterocycles. The summed E-state index contributed by atoms with van der Waals surface area (Å²) in [5.74, 6) is 0.619. The largest absolute Gasteiger partial charge is 0.349 e. The van der Waals surface area contributed by atoms with Crippen molar-refractivity contribution < 1.29 is 4.79 Å². The lowest BCUT2D eigenvalue weighted by atomic mass is 10.0. The van der Waals surface area contributed by atoms with Gasteiger partial charge in [-0.2, -0.15) is 0 Å². The van der Waals surface area contributed by atoms with Crippen molar-refractivity contribution in [3.63, 3.8) is 0 Å². The van der Waals surface area contributed by atoms with Crippen molar-refractivity contribution in [3.05, 3.63) is 48.0 Å². The van der Waals surface area contributed by atoms with Crippen molar-refractivity contribution in [1.29, 1.82) is 0 Å². The van der Waals surface area contributed by atoms with Crippen LogP contribution in [0.4, 0.5) is 0 Å². The lowest BCUT2D eigenvalue weighted by molar-refractivity contribution is 0.0930. The quantitative estimate of drug-likeness (QED) is 0.841. The number of hydrogen-bond acceptors (Lipinski definition) is 1. The zero-order chi connectivity index (χ0) is 13.9. The van der Waals surface area contributed by atoms with E-state index in [9.17, 15) is 4.79 Å². The Labute approximate surface area is 127 Å². The van der Waals surface area contributed by atoms with Crippen LogP contribution in [0.15, 0.2) is 42.5 Å². The minimum atomic E-state index is 0.0496. The smallest absolute Gasteiger partial charge is 0.251 e. The maximum Gasteiger partial charge on any atom is 0.251 e. The van der Waals surface area contributed by atoms with Crippen LogP contribution in [0.25, 0.3) is 10.8 Å². The van der Waals surface area contributed by atoms with E-state index in [0.29, 0.717) is 12.0 Å². The van der Waals surface area contributed by atoms with Gasteiger partial charge >= 0.3 is 0 Å². The Kier molecular flexibility index (Phi) is 4.06. The lowest BCUT2D eigenvalue weighted by Gasteiger charge is -2.19.